The van der Waals surface area contributed by atoms with Gasteiger partial charge in [-0.25, -0.2) is 0 Å². The molecule has 10 atom stereocenters. The van der Waals surface area contributed by atoms with Gasteiger partial charge in [-0.05, 0) is 12.1 Å². The maximum Gasteiger partial charge on any atom is 0.303 e. The molecular weight excluding hydrogens is 688 g/mol. The standard InChI is InChI=1S/C32H40O17S/c1-15(33)40-13-23-25(42-17(3)35)27(43-18(4)36)29(45-20(6)38)31(47-23)49-26-24(14-41-16(2)34)48-32(50-22-11-9-8-10-12-22)30(46-21(7)39)28(26)44-19(5)37/h8-12,23-32H,13-14H2,1-7H3/t23-,24+,25-,26-,27+,28+,29-,30-,31+,32+/m1/s1. The summed E-state index contributed by atoms with van der Waals surface area (Å²) in [5.74, 6) is -5.63. The molecule has 2 aliphatic rings. The predicted molar refractivity (Wildman–Crippen MR) is 166 cm³/mol. The summed E-state index contributed by atoms with van der Waals surface area (Å²) in [4.78, 5) is 86.2. The maximum absolute atomic E-state index is 12.5. The summed E-state index contributed by atoms with van der Waals surface area (Å²) in [7, 11) is 0. The Labute approximate surface area is 291 Å². The molecule has 0 N–H and O–H groups in total. The summed E-state index contributed by atoms with van der Waals surface area (Å²) in [5, 5.41) is 0. The molecule has 0 bridgehead atoms. The van der Waals surface area contributed by atoms with E-state index in [0.29, 0.717) is 4.90 Å². The number of ether oxygens (including phenoxy) is 10. The van der Waals surface area contributed by atoms with Crippen molar-refractivity contribution in [2.75, 3.05) is 13.2 Å². The molecular formula is C32H40O17S. The fourth-order valence-electron chi connectivity index (χ4n) is 5.20. The third-order valence-corrected chi connectivity index (χ3v) is 8.04. The van der Waals surface area contributed by atoms with Crippen molar-refractivity contribution in [2.24, 2.45) is 0 Å². The second-order valence-corrected chi connectivity index (χ2v) is 12.3. The van der Waals surface area contributed by atoms with Crippen molar-refractivity contribution < 1.29 is 80.9 Å². The number of thioether (sulfide) groups is 1. The number of hydrogen-bond donors (Lipinski definition) is 0. The van der Waals surface area contributed by atoms with Crippen LogP contribution in [0, 0.1) is 0 Å². The minimum atomic E-state index is -1.75. The van der Waals surface area contributed by atoms with Gasteiger partial charge in [-0.1, -0.05) is 30.0 Å². The molecule has 0 saturated carbocycles. The number of carbonyl (C=O) groups is 7. The fraction of sp³-hybridized carbons (Fsp3) is 0.594. The van der Waals surface area contributed by atoms with Crippen LogP contribution in [-0.2, 0) is 80.9 Å². The van der Waals surface area contributed by atoms with Crippen molar-refractivity contribution in [1.82, 2.24) is 0 Å². The van der Waals surface area contributed by atoms with E-state index < -0.39 is 116 Å². The van der Waals surface area contributed by atoms with E-state index in [-0.39, 0.29) is 0 Å². The highest BCUT2D eigenvalue weighted by Gasteiger charge is 2.57. The van der Waals surface area contributed by atoms with Gasteiger partial charge < -0.3 is 47.4 Å². The van der Waals surface area contributed by atoms with E-state index in [2.05, 4.69) is 0 Å². The third kappa shape index (κ3) is 12.0. The molecule has 276 valence electrons. The van der Waals surface area contributed by atoms with Crippen molar-refractivity contribution in [1.29, 1.82) is 0 Å². The Morgan fingerprint density at radius 1 is 0.520 bits per heavy atom. The Morgan fingerprint density at radius 2 is 0.940 bits per heavy atom. The van der Waals surface area contributed by atoms with Crippen molar-refractivity contribution >= 4 is 53.5 Å². The first kappa shape index (κ1) is 40.2. The van der Waals surface area contributed by atoms with Crippen LogP contribution in [0.1, 0.15) is 48.5 Å². The zero-order valence-electron chi connectivity index (χ0n) is 28.4. The highest BCUT2D eigenvalue weighted by molar-refractivity contribution is 7.99. The summed E-state index contributed by atoms with van der Waals surface area (Å²) in [6.45, 7) is 6.66. The zero-order chi connectivity index (χ0) is 37.1. The molecule has 0 amide bonds. The molecule has 2 saturated heterocycles. The number of hydrogen-bond acceptors (Lipinski definition) is 18. The molecule has 0 aromatic heterocycles. The van der Waals surface area contributed by atoms with Crippen LogP contribution in [0.3, 0.4) is 0 Å². The first-order valence-electron chi connectivity index (χ1n) is 15.4. The van der Waals surface area contributed by atoms with Gasteiger partial charge in [-0.15, -0.1) is 0 Å². The van der Waals surface area contributed by atoms with E-state index in [4.69, 9.17) is 47.4 Å². The van der Waals surface area contributed by atoms with Gasteiger partial charge in [0.25, 0.3) is 0 Å². The largest absolute Gasteiger partial charge is 0.463 e. The van der Waals surface area contributed by atoms with Gasteiger partial charge >= 0.3 is 41.8 Å². The average Bonchev–Trinajstić information content (AvgIpc) is 3.00. The van der Waals surface area contributed by atoms with Gasteiger partial charge in [-0.2, -0.15) is 0 Å². The molecule has 0 unspecified atom stereocenters. The van der Waals surface area contributed by atoms with Crippen LogP contribution in [0.2, 0.25) is 0 Å². The monoisotopic (exact) mass is 728 g/mol. The van der Waals surface area contributed by atoms with Crippen LogP contribution in [0.25, 0.3) is 0 Å². The van der Waals surface area contributed by atoms with Crippen LogP contribution in [0.5, 0.6) is 0 Å². The SMILES string of the molecule is CC(=O)OC[C@@H]1O[C@@H](Sc2ccccc2)[C@H](OC(C)=O)[C@@H](OC(C)=O)[C@@H]1O[C@@H]1O[C@H](COC(C)=O)[C@@H](OC(C)=O)[C@H](OC(C)=O)[C@H]1OC(C)=O. The molecule has 17 nitrogen and oxygen atoms in total. The number of rotatable bonds is 13. The second-order valence-electron chi connectivity index (χ2n) is 11.1. The summed E-state index contributed by atoms with van der Waals surface area (Å²) < 4.78 is 56.8. The predicted octanol–water partition coefficient (Wildman–Crippen LogP) is 1.40. The van der Waals surface area contributed by atoms with Crippen LogP contribution in [-0.4, -0.2) is 116 Å². The summed E-state index contributed by atoms with van der Waals surface area (Å²) in [6, 6.07) is 8.85. The zero-order valence-corrected chi connectivity index (χ0v) is 29.2. The normalized spacial score (nSPS) is 29.0. The summed E-state index contributed by atoms with van der Waals surface area (Å²) in [6.07, 6.45) is -13.4. The quantitative estimate of drug-likeness (QED) is 0.207. The molecule has 3 rings (SSSR count). The topological polar surface area (TPSA) is 212 Å². The van der Waals surface area contributed by atoms with Gasteiger partial charge in [0.15, 0.2) is 36.8 Å². The fourth-order valence-corrected chi connectivity index (χ4v) is 6.33. The van der Waals surface area contributed by atoms with Crippen molar-refractivity contribution in [2.45, 2.75) is 114 Å². The highest BCUT2D eigenvalue weighted by Crippen LogP contribution is 2.39. The smallest absolute Gasteiger partial charge is 0.303 e. The molecule has 50 heavy (non-hydrogen) atoms. The van der Waals surface area contributed by atoms with Crippen LogP contribution in [0.4, 0.5) is 0 Å². The highest BCUT2D eigenvalue weighted by atomic mass is 32.2. The molecule has 1 aromatic carbocycles. The minimum absolute atomic E-state index is 0.471. The van der Waals surface area contributed by atoms with Gasteiger partial charge in [-0.3, -0.25) is 33.6 Å². The first-order chi connectivity index (χ1) is 23.5. The Hall–Kier alpha value is -4.26. The van der Waals surface area contributed by atoms with Crippen LogP contribution < -0.4 is 0 Å². The maximum atomic E-state index is 12.5. The number of esters is 7. The van der Waals surface area contributed by atoms with Gasteiger partial charge in [0.2, 0.25) is 0 Å². The average molecular weight is 729 g/mol. The third-order valence-electron chi connectivity index (χ3n) is 6.88. The van der Waals surface area contributed by atoms with Crippen molar-refractivity contribution in [3.63, 3.8) is 0 Å². The van der Waals surface area contributed by atoms with Gasteiger partial charge in [0.1, 0.15) is 37.0 Å². The van der Waals surface area contributed by atoms with Crippen LogP contribution in [0.15, 0.2) is 35.2 Å². The summed E-state index contributed by atoms with van der Waals surface area (Å²) in [5.41, 5.74) is -1.05. The Morgan fingerprint density at radius 3 is 1.42 bits per heavy atom. The van der Waals surface area contributed by atoms with Gasteiger partial charge in [0.05, 0.1) is 0 Å². The molecule has 2 aliphatic heterocycles. The molecule has 0 aliphatic carbocycles. The molecule has 0 radical (unpaired) electrons. The van der Waals surface area contributed by atoms with Crippen LogP contribution >= 0.6 is 11.8 Å². The van der Waals surface area contributed by atoms with Crippen molar-refractivity contribution in [3.8, 4) is 0 Å². The molecule has 0 spiro atoms. The Bertz CT molecular complexity index is 1390. The van der Waals surface area contributed by atoms with Crippen molar-refractivity contribution in [3.05, 3.63) is 30.3 Å². The molecule has 1 aromatic rings. The Kier molecular flexibility index (Phi) is 15.0. The molecule has 2 fully saturated rings. The lowest BCUT2D eigenvalue weighted by molar-refractivity contribution is -0.341. The number of carbonyl (C=O) groups excluding carboxylic acids is 7. The van der Waals surface area contributed by atoms with E-state index >= 15 is 0 Å². The Balaban J connectivity index is 2.16. The van der Waals surface area contributed by atoms with Gasteiger partial charge in [0, 0.05) is 53.4 Å². The van der Waals surface area contributed by atoms with E-state index in [9.17, 15) is 33.6 Å². The molecule has 2 heterocycles. The lowest BCUT2D eigenvalue weighted by atomic mass is 9.96. The molecule has 18 heteroatoms. The summed E-state index contributed by atoms with van der Waals surface area (Å²) >= 11 is 1.12. The second kappa shape index (κ2) is 18.7. The minimum Gasteiger partial charge on any atom is -0.463 e. The van der Waals surface area contributed by atoms with E-state index in [1.54, 1.807) is 30.3 Å². The van der Waals surface area contributed by atoms with E-state index in [1.165, 1.54) is 0 Å². The van der Waals surface area contributed by atoms with E-state index in [1.807, 2.05) is 0 Å². The van der Waals surface area contributed by atoms with E-state index in [0.717, 1.165) is 60.2 Å². The number of benzene rings is 1. The lowest BCUT2D eigenvalue weighted by Crippen LogP contribution is -2.66. The lowest BCUT2D eigenvalue weighted by Gasteiger charge is -2.48. The first-order valence-corrected chi connectivity index (χ1v) is 16.2.